The van der Waals surface area contributed by atoms with E-state index in [1.54, 1.807) is 18.2 Å². The second-order valence-electron chi connectivity index (χ2n) is 8.14. The maximum absolute atomic E-state index is 13.5. The highest BCUT2D eigenvalue weighted by atomic mass is 79.9. The molecule has 4 N–H and O–H groups in total. The SMILES string of the molecule is CC(C)CCn1c(=O)c(C2=NS(=O)(=O)c3cc(C(N)=O)ccc3N2)c(O)c2cc(Br)ccc21. The van der Waals surface area contributed by atoms with Crippen molar-refractivity contribution in [3.05, 3.63) is 62.4 Å². The second-order valence-corrected chi connectivity index (χ2v) is 10.6. The molecule has 0 fully saturated rings. The molecule has 1 aliphatic rings. The van der Waals surface area contributed by atoms with Crippen LogP contribution < -0.4 is 16.6 Å². The Morgan fingerprint density at radius 3 is 2.64 bits per heavy atom. The zero-order valence-electron chi connectivity index (χ0n) is 17.8. The summed E-state index contributed by atoms with van der Waals surface area (Å²) < 4.78 is 31.7. The van der Waals surface area contributed by atoms with Gasteiger partial charge in [0.1, 0.15) is 16.2 Å². The number of aromatic nitrogens is 1. The Morgan fingerprint density at radius 2 is 1.97 bits per heavy atom. The van der Waals surface area contributed by atoms with Crippen LogP contribution in [0.3, 0.4) is 0 Å². The summed E-state index contributed by atoms with van der Waals surface area (Å²) in [5.41, 5.74) is 5.08. The maximum Gasteiger partial charge on any atom is 0.286 e. The van der Waals surface area contributed by atoms with Gasteiger partial charge < -0.3 is 20.7 Å². The first-order valence-corrected chi connectivity index (χ1v) is 12.3. The molecule has 0 aliphatic carbocycles. The Hall–Kier alpha value is -3.18. The number of hydrogen-bond acceptors (Lipinski definition) is 6. The van der Waals surface area contributed by atoms with Crippen molar-refractivity contribution < 1.29 is 18.3 Å². The fraction of sp³-hybridized carbons (Fsp3) is 0.227. The minimum Gasteiger partial charge on any atom is -0.506 e. The number of halogens is 1. The van der Waals surface area contributed by atoms with E-state index >= 15 is 0 Å². The molecule has 0 unspecified atom stereocenters. The Kier molecular flexibility index (Phi) is 5.79. The first-order chi connectivity index (χ1) is 15.5. The van der Waals surface area contributed by atoms with Gasteiger partial charge in [-0.3, -0.25) is 9.59 Å². The number of carbonyl (C=O) groups excluding carboxylic acids is 1. The van der Waals surface area contributed by atoms with Gasteiger partial charge in [0.2, 0.25) is 5.91 Å². The van der Waals surface area contributed by atoms with E-state index in [9.17, 15) is 23.1 Å². The van der Waals surface area contributed by atoms with Gasteiger partial charge in [-0.1, -0.05) is 29.8 Å². The van der Waals surface area contributed by atoms with Gasteiger partial charge in [0.05, 0.1) is 11.2 Å². The fourth-order valence-corrected chi connectivity index (χ4v) is 5.17. The van der Waals surface area contributed by atoms with Crippen molar-refractivity contribution in [2.45, 2.75) is 31.7 Å². The van der Waals surface area contributed by atoms with E-state index in [1.165, 1.54) is 16.7 Å². The molecule has 4 rings (SSSR count). The number of anilines is 1. The van der Waals surface area contributed by atoms with Gasteiger partial charge in [-0.05, 0) is 48.7 Å². The largest absolute Gasteiger partial charge is 0.506 e. The summed E-state index contributed by atoms with van der Waals surface area (Å²) in [6.45, 7) is 4.43. The van der Waals surface area contributed by atoms with Gasteiger partial charge in [0.25, 0.3) is 15.6 Å². The summed E-state index contributed by atoms with van der Waals surface area (Å²) in [4.78, 5) is 24.7. The summed E-state index contributed by atoms with van der Waals surface area (Å²) in [6, 6.07) is 9.00. The number of aromatic hydroxyl groups is 1. The molecule has 3 aromatic rings. The number of amidine groups is 1. The molecule has 172 valence electrons. The second kappa shape index (κ2) is 8.31. The highest BCUT2D eigenvalue weighted by molar-refractivity contribution is 9.10. The number of nitrogens with one attached hydrogen (secondary N) is 1. The number of aryl methyl sites for hydroxylation is 1. The number of benzene rings is 2. The van der Waals surface area contributed by atoms with Gasteiger partial charge in [-0.25, -0.2) is 0 Å². The molecule has 1 aliphatic heterocycles. The van der Waals surface area contributed by atoms with Crippen molar-refractivity contribution in [1.29, 1.82) is 0 Å². The number of sulfonamides is 1. The van der Waals surface area contributed by atoms with Gasteiger partial charge in [0.15, 0.2) is 5.84 Å². The molecule has 0 atom stereocenters. The predicted molar refractivity (Wildman–Crippen MR) is 129 cm³/mol. The number of primary amides is 1. The van der Waals surface area contributed by atoms with Crippen LogP contribution in [-0.2, 0) is 16.6 Å². The molecule has 11 heteroatoms. The number of carbonyl (C=O) groups is 1. The highest BCUT2D eigenvalue weighted by Gasteiger charge is 2.30. The zero-order valence-corrected chi connectivity index (χ0v) is 20.2. The number of pyridine rings is 1. The van der Waals surface area contributed by atoms with Crippen LogP contribution in [0.5, 0.6) is 5.75 Å². The smallest absolute Gasteiger partial charge is 0.286 e. The molecule has 2 heterocycles. The van der Waals surface area contributed by atoms with Crippen molar-refractivity contribution >= 4 is 54.3 Å². The van der Waals surface area contributed by atoms with E-state index in [0.717, 1.165) is 6.07 Å². The molecule has 0 saturated heterocycles. The Bertz CT molecular complexity index is 1510. The average molecular weight is 533 g/mol. The molecular formula is C22H21BrN4O5S. The molecule has 0 spiro atoms. The fourth-order valence-electron chi connectivity index (χ4n) is 3.66. The molecule has 0 radical (unpaired) electrons. The number of amides is 1. The standard InChI is InChI=1S/C22H21BrN4O5S/c1-11(2)7-8-27-16-6-4-13(23)10-14(16)19(28)18(22(27)30)21-25-15-5-3-12(20(24)29)9-17(15)33(31,32)26-21/h3-6,9-11,28H,7-8H2,1-2H3,(H2,24,29)(H,25,26). The van der Waals surface area contributed by atoms with Crippen LogP contribution in [0.15, 0.2) is 55.0 Å². The van der Waals surface area contributed by atoms with E-state index in [-0.39, 0.29) is 33.3 Å². The molecule has 33 heavy (non-hydrogen) atoms. The summed E-state index contributed by atoms with van der Waals surface area (Å²) in [5.74, 6) is -1.14. The van der Waals surface area contributed by atoms with Crippen LogP contribution in [0.1, 0.15) is 36.2 Å². The third-order valence-corrected chi connectivity index (χ3v) is 7.19. The van der Waals surface area contributed by atoms with Crippen molar-refractivity contribution in [3.8, 4) is 5.75 Å². The van der Waals surface area contributed by atoms with Gasteiger partial charge in [0, 0.05) is 22.0 Å². The van der Waals surface area contributed by atoms with Crippen LogP contribution in [0.25, 0.3) is 10.9 Å². The minimum atomic E-state index is -4.28. The third kappa shape index (κ3) is 4.13. The van der Waals surface area contributed by atoms with Crippen LogP contribution in [0.4, 0.5) is 5.69 Å². The van der Waals surface area contributed by atoms with Crippen LogP contribution in [0, 0.1) is 5.92 Å². The number of nitrogens with zero attached hydrogens (tertiary/aromatic N) is 2. The van der Waals surface area contributed by atoms with Gasteiger partial charge in [-0.2, -0.15) is 8.42 Å². The quantitative estimate of drug-likeness (QED) is 0.460. The topological polar surface area (TPSA) is 144 Å². The van der Waals surface area contributed by atoms with Crippen LogP contribution in [-0.4, -0.2) is 29.8 Å². The molecular weight excluding hydrogens is 512 g/mol. The van der Waals surface area contributed by atoms with Gasteiger partial charge >= 0.3 is 0 Å². The number of fused-ring (bicyclic) bond motifs is 2. The third-order valence-electron chi connectivity index (χ3n) is 5.38. The van der Waals surface area contributed by atoms with Crippen molar-refractivity contribution in [1.82, 2.24) is 4.57 Å². The predicted octanol–water partition coefficient (Wildman–Crippen LogP) is 3.18. The van der Waals surface area contributed by atoms with E-state index < -0.39 is 21.5 Å². The monoisotopic (exact) mass is 532 g/mol. The summed E-state index contributed by atoms with van der Waals surface area (Å²) >= 11 is 3.37. The van der Waals surface area contributed by atoms with Crippen molar-refractivity contribution in [2.24, 2.45) is 16.0 Å². The number of nitrogens with two attached hydrogens (primary N) is 1. The number of rotatable bonds is 5. The normalized spacial score (nSPS) is 14.6. The molecule has 0 bridgehead atoms. The molecule has 9 nitrogen and oxygen atoms in total. The van der Waals surface area contributed by atoms with Crippen molar-refractivity contribution in [3.63, 3.8) is 0 Å². The Labute approximate surface area is 198 Å². The zero-order chi connectivity index (χ0) is 24.1. The lowest BCUT2D eigenvalue weighted by Crippen LogP contribution is -2.33. The first kappa shape index (κ1) is 23.0. The minimum absolute atomic E-state index is 0.00668. The first-order valence-electron chi connectivity index (χ1n) is 10.1. The van der Waals surface area contributed by atoms with E-state index in [0.29, 0.717) is 34.3 Å². The highest BCUT2D eigenvalue weighted by Crippen LogP contribution is 2.34. The van der Waals surface area contributed by atoms with Crippen molar-refractivity contribution in [2.75, 3.05) is 5.32 Å². The van der Waals surface area contributed by atoms with E-state index in [4.69, 9.17) is 5.73 Å². The molecule has 1 aromatic heterocycles. The number of hydrogen-bond donors (Lipinski definition) is 3. The summed E-state index contributed by atoms with van der Waals surface area (Å²) in [5, 5.41) is 14.2. The Morgan fingerprint density at radius 1 is 1.24 bits per heavy atom. The lowest BCUT2D eigenvalue weighted by atomic mass is 10.1. The maximum atomic E-state index is 13.5. The lowest BCUT2D eigenvalue weighted by Gasteiger charge is -2.21. The summed E-state index contributed by atoms with van der Waals surface area (Å²) in [6.07, 6.45) is 0.701. The van der Waals surface area contributed by atoms with E-state index in [1.807, 2.05) is 13.8 Å². The lowest BCUT2D eigenvalue weighted by molar-refractivity contribution is 0.1000. The average Bonchev–Trinajstić information content (AvgIpc) is 2.73. The van der Waals surface area contributed by atoms with Crippen LogP contribution >= 0.6 is 15.9 Å². The summed E-state index contributed by atoms with van der Waals surface area (Å²) in [7, 11) is -4.28. The molecule has 0 saturated carbocycles. The van der Waals surface area contributed by atoms with Crippen LogP contribution in [0.2, 0.25) is 0 Å². The molecule has 1 amide bonds. The molecule has 2 aromatic carbocycles. The Balaban J connectivity index is 1.96. The van der Waals surface area contributed by atoms with Gasteiger partial charge in [-0.15, -0.1) is 4.40 Å². The van der Waals surface area contributed by atoms with E-state index in [2.05, 4.69) is 25.6 Å².